The van der Waals surface area contributed by atoms with Crippen LogP contribution in [0.3, 0.4) is 0 Å². The SMILES string of the molecule is CC[C@H](C)NS(=O)(=O)c1ccc(C(=O)OCC(=O)N2CCC[C@@H](C)C2)cc1. The van der Waals surface area contributed by atoms with Crippen LogP contribution >= 0.6 is 0 Å². The van der Waals surface area contributed by atoms with E-state index in [-0.39, 0.29) is 29.0 Å². The second-order valence-electron chi connectivity index (χ2n) is 7.12. The third kappa shape index (κ3) is 6.04. The molecule has 0 unspecified atom stereocenters. The molecule has 27 heavy (non-hydrogen) atoms. The zero-order valence-corrected chi connectivity index (χ0v) is 16.9. The molecule has 1 aliphatic heterocycles. The predicted molar refractivity (Wildman–Crippen MR) is 102 cm³/mol. The molecule has 0 saturated carbocycles. The van der Waals surface area contributed by atoms with Gasteiger partial charge in [0.25, 0.3) is 5.91 Å². The molecule has 0 aromatic heterocycles. The zero-order valence-electron chi connectivity index (χ0n) is 16.1. The summed E-state index contributed by atoms with van der Waals surface area (Å²) in [4.78, 5) is 26.1. The molecular weight excluding hydrogens is 368 g/mol. The van der Waals surface area contributed by atoms with Crippen molar-refractivity contribution in [3.8, 4) is 0 Å². The predicted octanol–water partition coefficient (Wildman–Crippen LogP) is 2.18. The molecule has 0 spiro atoms. The van der Waals surface area contributed by atoms with Crippen molar-refractivity contribution in [1.82, 2.24) is 9.62 Å². The van der Waals surface area contributed by atoms with Gasteiger partial charge >= 0.3 is 5.97 Å². The third-order valence-corrected chi connectivity index (χ3v) is 6.31. The summed E-state index contributed by atoms with van der Waals surface area (Å²) in [5.74, 6) is -0.393. The average Bonchev–Trinajstić information content (AvgIpc) is 2.65. The van der Waals surface area contributed by atoms with Crippen molar-refractivity contribution < 1.29 is 22.7 Å². The van der Waals surface area contributed by atoms with Gasteiger partial charge < -0.3 is 9.64 Å². The normalized spacial score (nSPS) is 18.8. The monoisotopic (exact) mass is 396 g/mol. The van der Waals surface area contributed by atoms with Crippen molar-refractivity contribution in [2.75, 3.05) is 19.7 Å². The summed E-state index contributed by atoms with van der Waals surface area (Å²) in [6.45, 7) is 6.84. The summed E-state index contributed by atoms with van der Waals surface area (Å²) in [5.41, 5.74) is 0.206. The van der Waals surface area contributed by atoms with Crippen molar-refractivity contribution in [3.63, 3.8) is 0 Å². The van der Waals surface area contributed by atoms with Gasteiger partial charge in [0.15, 0.2) is 6.61 Å². The van der Waals surface area contributed by atoms with E-state index in [1.165, 1.54) is 24.3 Å². The summed E-state index contributed by atoms with van der Waals surface area (Å²) >= 11 is 0. The molecule has 8 heteroatoms. The Labute approximate surface area is 161 Å². The highest BCUT2D eigenvalue weighted by Gasteiger charge is 2.22. The lowest BCUT2D eigenvalue weighted by atomic mass is 10.0. The molecule has 0 aliphatic carbocycles. The molecule has 1 aliphatic rings. The van der Waals surface area contributed by atoms with Crippen LogP contribution in [0, 0.1) is 5.92 Å². The van der Waals surface area contributed by atoms with E-state index < -0.39 is 16.0 Å². The van der Waals surface area contributed by atoms with E-state index in [0.29, 0.717) is 25.4 Å². The van der Waals surface area contributed by atoms with Crippen LogP contribution in [0.1, 0.15) is 50.4 Å². The van der Waals surface area contributed by atoms with Crippen LogP contribution in [0.5, 0.6) is 0 Å². The number of hydrogen-bond acceptors (Lipinski definition) is 5. The lowest BCUT2D eigenvalue weighted by Gasteiger charge is -2.30. The Morgan fingerprint density at radius 3 is 2.56 bits per heavy atom. The summed E-state index contributed by atoms with van der Waals surface area (Å²) in [5, 5.41) is 0. The molecule has 7 nitrogen and oxygen atoms in total. The van der Waals surface area contributed by atoms with Gasteiger partial charge in [-0.1, -0.05) is 13.8 Å². The number of hydrogen-bond donors (Lipinski definition) is 1. The molecular formula is C19H28N2O5S. The largest absolute Gasteiger partial charge is 0.452 e. The average molecular weight is 397 g/mol. The molecule has 1 fully saturated rings. The molecule has 1 heterocycles. The fourth-order valence-electron chi connectivity index (χ4n) is 2.90. The van der Waals surface area contributed by atoms with E-state index >= 15 is 0 Å². The minimum Gasteiger partial charge on any atom is -0.452 e. The highest BCUT2D eigenvalue weighted by molar-refractivity contribution is 7.89. The smallest absolute Gasteiger partial charge is 0.338 e. The fourth-order valence-corrected chi connectivity index (χ4v) is 4.23. The molecule has 0 radical (unpaired) electrons. The van der Waals surface area contributed by atoms with Crippen LogP contribution in [0.25, 0.3) is 0 Å². The molecule has 150 valence electrons. The van der Waals surface area contributed by atoms with Gasteiger partial charge in [-0.05, 0) is 56.4 Å². The number of carbonyl (C=O) groups is 2. The van der Waals surface area contributed by atoms with E-state index in [9.17, 15) is 18.0 Å². The van der Waals surface area contributed by atoms with Gasteiger partial charge in [-0.15, -0.1) is 0 Å². The first-order valence-corrected chi connectivity index (χ1v) is 10.8. The second-order valence-corrected chi connectivity index (χ2v) is 8.83. The van der Waals surface area contributed by atoms with Crippen molar-refractivity contribution in [2.45, 2.75) is 51.0 Å². The number of piperidine rings is 1. The van der Waals surface area contributed by atoms with Crippen LogP contribution in [0.4, 0.5) is 0 Å². The van der Waals surface area contributed by atoms with E-state index in [0.717, 1.165) is 12.8 Å². The fraction of sp³-hybridized carbons (Fsp3) is 0.579. The summed E-state index contributed by atoms with van der Waals surface area (Å²) in [7, 11) is -3.62. The van der Waals surface area contributed by atoms with Crippen LogP contribution in [0.15, 0.2) is 29.2 Å². The lowest BCUT2D eigenvalue weighted by Crippen LogP contribution is -2.41. The third-order valence-electron chi connectivity index (χ3n) is 4.71. The van der Waals surface area contributed by atoms with E-state index in [2.05, 4.69) is 11.6 Å². The summed E-state index contributed by atoms with van der Waals surface area (Å²) in [6.07, 6.45) is 2.74. The number of benzene rings is 1. The molecule has 1 aromatic rings. The van der Waals surface area contributed by atoms with Gasteiger partial charge in [-0.3, -0.25) is 4.79 Å². The Morgan fingerprint density at radius 1 is 1.30 bits per heavy atom. The van der Waals surface area contributed by atoms with E-state index in [1.807, 2.05) is 6.92 Å². The maximum absolute atomic E-state index is 12.2. The minimum absolute atomic E-state index is 0.0812. The standard InChI is InChI=1S/C19H28N2O5S/c1-4-15(3)20-27(24,25)17-9-7-16(8-10-17)19(23)26-13-18(22)21-11-5-6-14(2)12-21/h7-10,14-15,20H,4-6,11-13H2,1-3H3/t14-,15+/m1/s1. The molecule has 1 aromatic carbocycles. The maximum atomic E-state index is 12.2. The minimum atomic E-state index is -3.62. The van der Waals surface area contributed by atoms with Crippen molar-refractivity contribution in [3.05, 3.63) is 29.8 Å². The van der Waals surface area contributed by atoms with Gasteiger partial charge in [-0.2, -0.15) is 0 Å². The quantitative estimate of drug-likeness (QED) is 0.713. The van der Waals surface area contributed by atoms with Crippen LogP contribution in [-0.4, -0.2) is 50.9 Å². The first-order valence-electron chi connectivity index (χ1n) is 9.30. The maximum Gasteiger partial charge on any atom is 0.338 e. The summed E-state index contributed by atoms with van der Waals surface area (Å²) < 4.78 is 32.1. The number of ether oxygens (including phenoxy) is 1. The van der Waals surface area contributed by atoms with Crippen molar-refractivity contribution >= 4 is 21.9 Å². The van der Waals surface area contributed by atoms with Gasteiger partial charge in [0.1, 0.15) is 0 Å². The van der Waals surface area contributed by atoms with Crippen LogP contribution < -0.4 is 4.72 Å². The molecule has 1 N–H and O–H groups in total. The lowest BCUT2D eigenvalue weighted by molar-refractivity contribution is -0.136. The van der Waals surface area contributed by atoms with E-state index in [4.69, 9.17) is 4.74 Å². The number of esters is 1. The topological polar surface area (TPSA) is 92.8 Å². The molecule has 2 rings (SSSR count). The number of rotatable bonds is 7. The van der Waals surface area contributed by atoms with Gasteiger partial charge in [0, 0.05) is 19.1 Å². The highest BCUT2D eigenvalue weighted by atomic mass is 32.2. The van der Waals surface area contributed by atoms with E-state index in [1.54, 1.807) is 11.8 Å². The van der Waals surface area contributed by atoms with Gasteiger partial charge in [0.05, 0.1) is 10.5 Å². The first kappa shape index (κ1) is 21.4. The molecule has 0 bridgehead atoms. The molecule has 1 saturated heterocycles. The second kappa shape index (κ2) is 9.32. The number of sulfonamides is 1. The summed E-state index contributed by atoms with van der Waals surface area (Å²) in [6, 6.07) is 5.32. The number of amides is 1. The van der Waals surface area contributed by atoms with Crippen LogP contribution in [-0.2, 0) is 19.6 Å². The first-order chi connectivity index (χ1) is 12.7. The number of carbonyl (C=O) groups excluding carboxylic acids is 2. The zero-order chi connectivity index (χ0) is 20.0. The van der Waals surface area contributed by atoms with Gasteiger partial charge in [-0.25, -0.2) is 17.9 Å². The Morgan fingerprint density at radius 2 is 1.96 bits per heavy atom. The highest BCUT2D eigenvalue weighted by Crippen LogP contribution is 2.16. The molecule has 1 amide bonds. The number of nitrogens with zero attached hydrogens (tertiary/aromatic N) is 1. The van der Waals surface area contributed by atoms with Crippen LogP contribution in [0.2, 0.25) is 0 Å². The Bertz CT molecular complexity index is 761. The number of nitrogens with one attached hydrogen (secondary N) is 1. The van der Waals surface area contributed by atoms with Crippen molar-refractivity contribution in [1.29, 1.82) is 0 Å². The van der Waals surface area contributed by atoms with Crippen molar-refractivity contribution in [2.24, 2.45) is 5.92 Å². The Hall–Kier alpha value is -1.93. The van der Waals surface area contributed by atoms with Gasteiger partial charge in [0.2, 0.25) is 10.0 Å². The Balaban J connectivity index is 1.92. The molecule has 2 atom stereocenters. The Kier molecular flexibility index (Phi) is 7.38. The number of likely N-dealkylation sites (tertiary alicyclic amines) is 1.